The summed E-state index contributed by atoms with van der Waals surface area (Å²) in [6.07, 6.45) is 0.204. The Morgan fingerprint density at radius 3 is 2.53 bits per heavy atom. The first-order valence-electron chi connectivity index (χ1n) is 6.46. The van der Waals surface area contributed by atoms with Gasteiger partial charge in [-0.3, -0.25) is 4.79 Å². The largest absolute Gasteiger partial charge is 0.466 e. The summed E-state index contributed by atoms with van der Waals surface area (Å²) in [5.74, 6) is -0.473. The molecule has 1 fully saturated rings. The van der Waals surface area contributed by atoms with Gasteiger partial charge in [-0.25, -0.2) is 0 Å². The first-order chi connectivity index (χ1) is 8.86. The molecule has 0 bridgehead atoms. The Hall–Kier alpha value is -0.700. The number of aliphatic hydroxyl groups excluding tert-OH is 1. The van der Waals surface area contributed by atoms with Crippen LogP contribution >= 0.6 is 0 Å². The van der Waals surface area contributed by atoms with Crippen molar-refractivity contribution in [3.8, 4) is 0 Å². The van der Waals surface area contributed by atoms with E-state index in [1.807, 2.05) is 0 Å². The Morgan fingerprint density at radius 2 is 2.05 bits per heavy atom. The second-order valence-corrected chi connectivity index (χ2v) is 6.38. The molecule has 0 aromatic rings. The minimum atomic E-state index is -3.57. The standard InChI is InChI=1S/C11H22N2O5S/c1-3-18-11(15)10-4-6-13(7-5-10)19(16,17)12-8-9(2)14/h9-10,12,14H,3-8H2,1-2H3/t9-/m1/s1. The van der Waals surface area contributed by atoms with Crippen LogP contribution in [0, 0.1) is 5.92 Å². The molecule has 1 rings (SSSR count). The molecule has 0 unspecified atom stereocenters. The number of aliphatic hydroxyl groups is 1. The van der Waals surface area contributed by atoms with Crippen LogP contribution in [0.3, 0.4) is 0 Å². The summed E-state index contributed by atoms with van der Waals surface area (Å²) >= 11 is 0. The summed E-state index contributed by atoms with van der Waals surface area (Å²) in [6.45, 7) is 4.16. The van der Waals surface area contributed by atoms with Crippen molar-refractivity contribution < 1.29 is 23.1 Å². The normalized spacial score (nSPS) is 20.2. The summed E-state index contributed by atoms with van der Waals surface area (Å²) < 4.78 is 32.3. The van der Waals surface area contributed by atoms with E-state index in [0.717, 1.165) is 0 Å². The van der Waals surface area contributed by atoms with Crippen molar-refractivity contribution >= 4 is 16.2 Å². The van der Waals surface area contributed by atoms with Crippen molar-refractivity contribution in [2.75, 3.05) is 26.2 Å². The van der Waals surface area contributed by atoms with E-state index >= 15 is 0 Å². The maximum Gasteiger partial charge on any atom is 0.309 e. The number of nitrogens with zero attached hydrogens (tertiary/aromatic N) is 1. The zero-order valence-electron chi connectivity index (χ0n) is 11.3. The molecule has 0 amide bonds. The number of nitrogens with one attached hydrogen (secondary N) is 1. The summed E-state index contributed by atoms with van der Waals surface area (Å²) in [6, 6.07) is 0. The molecule has 0 spiro atoms. The molecule has 1 saturated heterocycles. The van der Waals surface area contributed by atoms with Gasteiger partial charge in [0.2, 0.25) is 0 Å². The number of rotatable bonds is 6. The first kappa shape index (κ1) is 16.4. The highest BCUT2D eigenvalue weighted by Gasteiger charge is 2.31. The van der Waals surface area contributed by atoms with Crippen LogP contribution in [0.1, 0.15) is 26.7 Å². The minimum Gasteiger partial charge on any atom is -0.466 e. The lowest BCUT2D eigenvalue weighted by atomic mass is 9.98. The Labute approximate surface area is 114 Å². The average molecular weight is 294 g/mol. The van der Waals surface area contributed by atoms with Crippen LogP contribution in [-0.2, 0) is 19.7 Å². The van der Waals surface area contributed by atoms with E-state index in [1.165, 1.54) is 11.2 Å². The molecule has 112 valence electrons. The first-order valence-corrected chi connectivity index (χ1v) is 7.90. The molecular weight excluding hydrogens is 272 g/mol. The fourth-order valence-electron chi connectivity index (χ4n) is 1.91. The zero-order chi connectivity index (χ0) is 14.5. The van der Waals surface area contributed by atoms with E-state index < -0.39 is 16.3 Å². The van der Waals surface area contributed by atoms with E-state index in [2.05, 4.69) is 4.72 Å². The third-order valence-electron chi connectivity index (χ3n) is 2.97. The number of carbonyl (C=O) groups is 1. The monoisotopic (exact) mass is 294 g/mol. The van der Waals surface area contributed by atoms with Gasteiger partial charge < -0.3 is 9.84 Å². The number of ether oxygens (including phenoxy) is 1. The van der Waals surface area contributed by atoms with E-state index in [1.54, 1.807) is 6.92 Å². The maximum atomic E-state index is 11.9. The highest BCUT2D eigenvalue weighted by Crippen LogP contribution is 2.20. The van der Waals surface area contributed by atoms with Crippen molar-refractivity contribution in [3.05, 3.63) is 0 Å². The quantitative estimate of drug-likeness (QED) is 0.642. The van der Waals surface area contributed by atoms with Crippen molar-refractivity contribution in [3.63, 3.8) is 0 Å². The highest BCUT2D eigenvalue weighted by atomic mass is 32.2. The molecule has 0 aromatic carbocycles. The SMILES string of the molecule is CCOC(=O)C1CCN(S(=O)(=O)NC[C@@H](C)O)CC1. The topological polar surface area (TPSA) is 95.9 Å². The minimum absolute atomic E-state index is 0.0138. The lowest BCUT2D eigenvalue weighted by molar-refractivity contribution is -0.149. The number of piperidine rings is 1. The fraction of sp³-hybridized carbons (Fsp3) is 0.909. The average Bonchev–Trinajstić information content (AvgIpc) is 2.37. The van der Waals surface area contributed by atoms with Gasteiger partial charge in [0.15, 0.2) is 0 Å². The molecular formula is C11H22N2O5S. The lowest BCUT2D eigenvalue weighted by Gasteiger charge is -2.30. The Kier molecular flexibility index (Phi) is 6.18. The molecule has 7 nitrogen and oxygen atoms in total. The molecule has 0 radical (unpaired) electrons. The van der Waals surface area contributed by atoms with Crippen molar-refractivity contribution in [2.24, 2.45) is 5.92 Å². The summed E-state index contributed by atoms with van der Waals surface area (Å²) in [5.41, 5.74) is 0. The predicted octanol–water partition coefficient (Wildman–Crippen LogP) is -0.523. The van der Waals surface area contributed by atoms with E-state index in [-0.39, 0.29) is 18.4 Å². The number of hydrogen-bond acceptors (Lipinski definition) is 5. The predicted molar refractivity (Wildman–Crippen MR) is 69.5 cm³/mol. The maximum absolute atomic E-state index is 11.9. The molecule has 0 saturated carbocycles. The van der Waals surface area contributed by atoms with Gasteiger partial charge in [0.25, 0.3) is 10.2 Å². The van der Waals surface area contributed by atoms with E-state index in [9.17, 15) is 13.2 Å². The number of carbonyl (C=O) groups excluding carboxylic acids is 1. The van der Waals surface area contributed by atoms with Gasteiger partial charge in [-0.05, 0) is 26.7 Å². The van der Waals surface area contributed by atoms with Crippen molar-refractivity contribution in [1.29, 1.82) is 0 Å². The molecule has 1 atom stereocenters. The van der Waals surface area contributed by atoms with Crippen LogP contribution in [0.15, 0.2) is 0 Å². The smallest absolute Gasteiger partial charge is 0.309 e. The van der Waals surface area contributed by atoms with E-state index in [4.69, 9.17) is 9.84 Å². The summed E-state index contributed by atoms with van der Waals surface area (Å²) in [5, 5.41) is 9.08. The molecule has 0 aliphatic carbocycles. The molecule has 19 heavy (non-hydrogen) atoms. The summed E-state index contributed by atoms with van der Waals surface area (Å²) in [7, 11) is -3.57. The van der Waals surface area contributed by atoms with Crippen molar-refractivity contribution in [2.45, 2.75) is 32.8 Å². The zero-order valence-corrected chi connectivity index (χ0v) is 12.1. The van der Waals surface area contributed by atoms with Gasteiger partial charge in [0, 0.05) is 19.6 Å². The molecule has 1 aliphatic rings. The molecule has 1 heterocycles. The van der Waals surface area contributed by atoms with Crippen LogP contribution in [0.4, 0.5) is 0 Å². The Bertz CT molecular complexity index is 388. The fourth-order valence-corrected chi connectivity index (χ4v) is 3.24. The van der Waals surface area contributed by atoms with Crippen LogP contribution < -0.4 is 4.72 Å². The number of hydrogen-bond donors (Lipinski definition) is 2. The highest BCUT2D eigenvalue weighted by molar-refractivity contribution is 7.87. The third-order valence-corrected chi connectivity index (χ3v) is 4.55. The van der Waals surface area contributed by atoms with Crippen LogP contribution in [-0.4, -0.2) is 56.1 Å². The van der Waals surface area contributed by atoms with Crippen LogP contribution in [0.25, 0.3) is 0 Å². The molecule has 1 aliphatic heterocycles. The summed E-state index contributed by atoms with van der Waals surface area (Å²) in [4.78, 5) is 11.5. The number of esters is 1. The van der Waals surface area contributed by atoms with Crippen LogP contribution in [0.2, 0.25) is 0 Å². The second kappa shape index (κ2) is 7.18. The van der Waals surface area contributed by atoms with Gasteiger partial charge in [-0.2, -0.15) is 17.4 Å². The van der Waals surface area contributed by atoms with Gasteiger partial charge in [-0.1, -0.05) is 0 Å². The molecule has 0 aromatic heterocycles. The second-order valence-electron chi connectivity index (χ2n) is 4.63. The Morgan fingerprint density at radius 1 is 1.47 bits per heavy atom. The van der Waals surface area contributed by atoms with Gasteiger partial charge in [0.1, 0.15) is 0 Å². The Balaban J connectivity index is 2.46. The molecule has 2 N–H and O–H groups in total. The van der Waals surface area contributed by atoms with Gasteiger partial charge >= 0.3 is 5.97 Å². The van der Waals surface area contributed by atoms with Crippen molar-refractivity contribution in [1.82, 2.24) is 9.03 Å². The van der Waals surface area contributed by atoms with E-state index in [0.29, 0.717) is 32.5 Å². The van der Waals surface area contributed by atoms with Gasteiger partial charge in [-0.15, -0.1) is 0 Å². The molecule has 8 heteroatoms. The lowest BCUT2D eigenvalue weighted by Crippen LogP contribution is -2.47. The third kappa shape index (κ3) is 5.06. The van der Waals surface area contributed by atoms with Gasteiger partial charge in [0.05, 0.1) is 18.6 Å². The van der Waals surface area contributed by atoms with Crippen LogP contribution in [0.5, 0.6) is 0 Å².